The van der Waals surface area contributed by atoms with Crippen LogP contribution >= 0.6 is 0 Å². The van der Waals surface area contributed by atoms with Crippen molar-refractivity contribution in [3.63, 3.8) is 0 Å². The third kappa shape index (κ3) is 3.43. The van der Waals surface area contributed by atoms with Gasteiger partial charge in [0.25, 0.3) is 0 Å². The fourth-order valence-corrected chi connectivity index (χ4v) is 3.60. The van der Waals surface area contributed by atoms with E-state index >= 15 is 0 Å². The van der Waals surface area contributed by atoms with Gasteiger partial charge >= 0.3 is 0 Å². The second-order valence-electron chi connectivity index (χ2n) is 7.75. The average molecular weight is 278 g/mol. The van der Waals surface area contributed by atoms with E-state index in [0.29, 0.717) is 12.0 Å². The number of aromatic nitrogens is 2. The molecule has 0 radical (unpaired) electrons. The minimum absolute atomic E-state index is 0.133. The van der Waals surface area contributed by atoms with Gasteiger partial charge in [0.1, 0.15) is 5.82 Å². The van der Waals surface area contributed by atoms with Crippen molar-refractivity contribution in [1.82, 2.24) is 9.55 Å². The summed E-state index contributed by atoms with van der Waals surface area (Å²) in [6.07, 6.45) is 10.7. The van der Waals surface area contributed by atoms with Crippen LogP contribution in [-0.2, 0) is 13.5 Å². The number of hydrogen-bond acceptors (Lipinski definition) is 2. The molecule has 0 saturated heterocycles. The van der Waals surface area contributed by atoms with E-state index in [-0.39, 0.29) is 5.41 Å². The Kier molecular flexibility index (Phi) is 4.58. The fraction of sp³-hybridized carbons (Fsp3) is 0.824. The Balaban J connectivity index is 1.93. The number of nitrogens with zero attached hydrogens (tertiary/aromatic N) is 2. The van der Waals surface area contributed by atoms with Gasteiger partial charge in [-0.25, -0.2) is 4.98 Å². The van der Waals surface area contributed by atoms with Crippen LogP contribution in [-0.4, -0.2) is 21.3 Å². The summed E-state index contributed by atoms with van der Waals surface area (Å²) in [6, 6.07) is 0. The number of aliphatic hydroxyl groups is 1. The van der Waals surface area contributed by atoms with Crippen LogP contribution in [0.4, 0.5) is 0 Å². The van der Waals surface area contributed by atoms with E-state index < -0.39 is 0 Å². The van der Waals surface area contributed by atoms with Gasteiger partial charge in [0, 0.05) is 32.5 Å². The zero-order chi connectivity index (χ0) is 14.8. The van der Waals surface area contributed by atoms with E-state index in [1.54, 1.807) is 0 Å². The molecule has 0 unspecified atom stereocenters. The molecule has 114 valence electrons. The Bertz CT molecular complexity index is 422. The standard InChI is InChI=1S/C17H30N2O/c1-16(2,3)14-5-8-17(13-20,9-6-14)10-7-15-18-11-12-19(15)4/h11-12,14,20H,5-10,13H2,1-4H3. The summed E-state index contributed by atoms with van der Waals surface area (Å²) in [5, 5.41) is 9.90. The molecule has 0 amide bonds. The van der Waals surface area contributed by atoms with Gasteiger partial charge in [0.15, 0.2) is 0 Å². The summed E-state index contributed by atoms with van der Waals surface area (Å²) in [7, 11) is 2.05. The molecule has 3 nitrogen and oxygen atoms in total. The molecule has 3 heteroatoms. The molecule has 0 bridgehead atoms. The Hall–Kier alpha value is -0.830. The molecule has 0 spiro atoms. The first-order valence-corrected chi connectivity index (χ1v) is 7.93. The molecule has 20 heavy (non-hydrogen) atoms. The zero-order valence-electron chi connectivity index (χ0n) is 13.5. The first-order chi connectivity index (χ1) is 9.36. The molecule has 1 heterocycles. The lowest BCUT2D eigenvalue weighted by molar-refractivity contribution is 0.0301. The van der Waals surface area contributed by atoms with Crippen molar-refractivity contribution in [3.8, 4) is 0 Å². The zero-order valence-corrected chi connectivity index (χ0v) is 13.5. The Morgan fingerprint density at radius 1 is 1.35 bits per heavy atom. The third-order valence-corrected chi connectivity index (χ3v) is 5.41. The summed E-state index contributed by atoms with van der Waals surface area (Å²) >= 11 is 0. The maximum absolute atomic E-state index is 9.90. The lowest BCUT2D eigenvalue weighted by atomic mass is 9.63. The largest absolute Gasteiger partial charge is 0.396 e. The predicted octanol–water partition coefficient (Wildman–Crippen LogP) is 3.57. The van der Waals surface area contributed by atoms with Gasteiger partial charge in [-0.05, 0) is 48.9 Å². The molecular weight excluding hydrogens is 248 g/mol. The highest BCUT2D eigenvalue weighted by molar-refractivity contribution is 4.95. The molecule has 0 aromatic carbocycles. The second-order valence-corrected chi connectivity index (χ2v) is 7.75. The van der Waals surface area contributed by atoms with E-state index in [1.807, 2.05) is 19.4 Å². The van der Waals surface area contributed by atoms with E-state index in [4.69, 9.17) is 0 Å². The number of rotatable bonds is 4. The van der Waals surface area contributed by atoms with Crippen LogP contribution in [0.2, 0.25) is 0 Å². The van der Waals surface area contributed by atoms with Gasteiger partial charge in [-0.2, -0.15) is 0 Å². The minimum atomic E-state index is 0.133. The maximum Gasteiger partial charge on any atom is 0.108 e. The number of imidazole rings is 1. The van der Waals surface area contributed by atoms with Crippen molar-refractivity contribution >= 4 is 0 Å². The molecule has 1 N–H and O–H groups in total. The molecule has 1 saturated carbocycles. The predicted molar refractivity (Wildman–Crippen MR) is 82.5 cm³/mol. The maximum atomic E-state index is 9.90. The van der Waals surface area contributed by atoms with Crippen molar-refractivity contribution in [2.24, 2.45) is 23.8 Å². The lowest BCUT2D eigenvalue weighted by Gasteiger charge is -2.43. The smallest absolute Gasteiger partial charge is 0.108 e. The highest BCUT2D eigenvalue weighted by Gasteiger charge is 2.38. The van der Waals surface area contributed by atoms with Crippen LogP contribution in [0.15, 0.2) is 12.4 Å². The third-order valence-electron chi connectivity index (χ3n) is 5.41. The normalized spacial score (nSPS) is 27.8. The van der Waals surface area contributed by atoms with E-state index in [0.717, 1.165) is 37.4 Å². The Labute approximate surface area is 123 Å². The molecule has 1 aromatic heterocycles. The lowest BCUT2D eigenvalue weighted by Crippen LogP contribution is -2.35. The monoisotopic (exact) mass is 278 g/mol. The molecule has 0 aliphatic heterocycles. The van der Waals surface area contributed by atoms with Gasteiger partial charge in [-0.3, -0.25) is 0 Å². The number of aliphatic hydroxyl groups excluding tert-OH is 1. The van der Waals surface area contributed by atoms with Crippen LogP contribution in [0.25, 0.3) is 0 Å². The molecule has 1 aliphatic rings. The van der Waals surface area contributed by atoms with Crippen LogP contribution in [0.1, 0.15) is 58.7 Å². The SMILES string of the molecule is Cn1ccnc1CCC1(CO)CCC(C(C)(C)C)CC1. The Morgan fingerprint density at radius 2 is 2.00 bits per heavy atom. The summed E-state index contributed by atoms with van der Waals surface area (Å²) in [5.74, 6) is 1.94. The van der Waals surface area contributed by atoms with Crippen LogP contribution in [0, 0.1) is 16.7 Å². The highest BCUT2D eigenvalue weighted by Crippen LogP contribution is 2.47. The fourth-order valence-electron chi connectivity index (χ4n) is 3.60. The van der Waals surface area contributed by atoms with Gasteiger partial charge in [-0.15, -0.1) is 0 Å². The van der Waals surface area contributed by atoms with Crippen molar-refractivity contribution in [2.45, 2.75) is 59.3 Å². The first-order valence-electron chi connectivity index (χ1n) is 7.93. The van der Waals surface area contributed by atoms with E-state index in [9.17, 15) is 5.11 Å². The second kappa shape index (κ2) is 5.88. The number of aryl methyl sites for hydroxylation is 2. The van der Waals surface area contributed by atoms with Gasteiger partial charge < -0.3 is 9.67 Å². The quantitative estimate of drug-likeness (QED) is 0.914. The average Bonchev–Trinajstić information content (AvgIpc) is 2.81. The topological polar surface area (TPSA) is 38.0 Å². The molecule has 1 aliphatic carbocycles. The Morgan fingerprint density at radius 3 is 2.45 bits per heavy atom. The van der Waals surface area contributed by atoms with Crippen molar-refractivity contribution in [3.05, 3.63) is 18.2 Å². The molecular formula is C17H30N2O. The molecule has 1 fully saturated rings. The molecule has 0 atom stereocenters. The minimum Gasteiger partial charge on any atom is -0.396 e. The molecule has 1 aromatic rings. The number of hydrogen-bond donors (Lipinski definition) is 1. The van der Waals surface area contributed by atoms with Crippen LogP contribution in [0.3, 0.4) is 0 Å². The van der Waals surface area contributed by atoms with Crippen LogP contribution < -0.4 is 0 Å². The van der Waals surface area contributed by atoms with Crippen molar-refractivity contribution < 1.29 is 5.11 Å². The summed E-state index contributed by atoms with van der Waals surface area (Å²) in [4.78, 5) is 4.40. The van der Waals surface area contributed by atoms with Crippen molar-refractivity contribution in [2.75, 3.05) is 6.61 Å². The van der Waals surface area contributed by atoms with E-state index in [1.165, 1.54) is 12.8 Å². The molecule has 2 rings (SSSR count). The van der Waals surface area contributed by atoms with Gasteiger partial charge in [0.05, 0.1) is 0 Å². The summed E-state index contributed by atoms with van der Waals surface area (Å²) in [6.45, 7) is 7.36. The van der Waals surface area contributed by atoms with Crippen LogP contribution in [0.5, 0.6) is 0 Å². The highest BCUT2D eigenvalue weighted by atomic mass is 16.3. The first kappa shape index (κ1) is 15.6. The summed E-state index contributed by atoms with van der Waals surface area (Å²) in [5.41, 5.74) is 0.537. The van der Waals surface area contributed by atoms with E-state index in [2.05, 4.69) is 30.3 Å². The van der Waals surface area contributed by atoms with Crippen molar-refractivity contribution in [1.29, 1.82) is 0 Å². The summed E-state index contributed by atoms with van der Waals surface area (Å²) < 4.78 is 2.09. The van der Waals surface area contributed by atoms with Gasteiger partial charge in [0.2, 0.25) is 0 Å². The van der Waals surface area contributed by atoms with Gasteiger partial charge in [-0.1, -0.05) is 20.8 Å².